The molecule has 5 rings (SSSR count). The van der Waals surface area contributed by atoms with Crippen molar-refractivity contribution < 1.29 is 9.18 Å². The number of hydrogen-bond acceptors (Lipinski definition) is 2. The molecule has 0 spiro atoms. The van der Waals surface area contributed by atoms with Crippen molar-refractivity contribution in [2.75, 3.05) is 19.6 Å². The molecule has 0 fully saturated rings. The minimum atomic E-state index is -0.220. The molecule has 0 saturated heterocycles. The lowest BCUT2D eigenvalue weighted by atomic mass is 9.79. The number of hydrogen-bond donors (Lipinski definition) is 1. The zero-order chi connectivity index (χ0) is 21.5. The fourth-order valence-corrected chi connectivity index (χ4v) is 5.29. The molecule has 0 saturated carbocycles. The van der Waals surface area contributed by atoms with Crippen LogP contribution in [0.15, 0.2) is 54.7 Å². The topological polar surface area (TPSA) is 39.3 Å². The SMILES string of the molecule is CCN(CC)C(=O)[C@H]1C=C2c3cccc4[nH]cc(c34)C[C@H]2N(Cc2cccc(F)c2)C1. The predicted molar refractivity (Wildman–Crippen MR) is 122 cm³/mol. The Morgan fingerprint density at radius 2 is 2.00 bits per heavy atom. The first kappa shape index (κ1) is 20.0. The van der Waals surface area contributed by atoms with Gasteiger partial charge in [-0.3, -0.25) is 9.69 Å². The van der Waals surface area contributed by atoms with Gasteiger partial charge >= 0.3 is 0 Å². The highest BCUT2D eigenvalue weighted by Crippen LogP contribution is 2.42. The predicted octanol–water partition coefficient (Wildman–Crippen LogP) is 4.62. The number of halogens is 1. The molecule has 1 aromatic heterocycles. The van der Waals surface area contributed by atoms with Crippen molar-refractivity contribution in [3.8, 4) is 0 Å². The summed E-state index contributed by atoms with van der Waals surface area (Å²) in [5, 5.41) is 1.27. The molecule has 5 heteroatoms. The normalized spacial score (nSPS) is 20.4. The van der Waals surface area contributed by atoms with Crippen LogP contribution in [0.2, 0.25) is 0 Å². The van der Waals surface area contributed by atoms with Crippen LogP contribution in [0, 0.1) is 11.7 Å². The van der Waals surface area contributed by atoms with Gasteiger partial charge in [-0.05, 0) is 60.7 Å². The quantitative estimate of drug-likeness (QED) is 0.658. The lowest BCUT2D eigenvalue weighted by molar-refractivity contribution is -0.134. The van der Waals surface area contributed by atoms with Crippen molar-refractivity contribution >= 4 is 22.4 Å². The molecule has 160 valence electrons. The number of benzene rings is 2. The van der Waals surface area contributed by atoms with E-state index in [9.17, 15) is 9.18 Å². The van der Waals surface area contributed by atoms with E-state index in [4.69, 9.17) is 0 Å². The number of carbonyl (C=O) groups is 1. The van der Waals surface area contributed by atoms with Crippen LogP contribution >= 0.6 is 0 Å². The molecule has 1 aliphatic heterocycles. The first-order valence-corrected chi connectivity index (χ1v) is 11.2. The van der Waals surface area contributed by atoms with E-state index in [1.165, 1.54) is 28.2 Å². The third kappa shape index (κ3) is 3.47. The second-order valence-electron chi connectivity index (χ2n) is 8.56. The molecular formula is C26H28FN3O. The van der Waals surface area contributed by atoms with Crippen molar-refractivity contribution in [2.45, 2.75) is 32.9 Å². The zero-order valence-electron chi connectivity index (χ0n) is 18.1. The van der Waals surface area contributed by atoms with Crippen LogP contribution in [-0.2, 0) is 17.8 Å². The molecule has 0 bridgehead atoms. The first-order chi connectivity index (χ1) is 15.1. The van der Waals surface area contributed by atoms with Gasteiger partial charge in [-0.25, -0.2) is 4.39 Å². The smallest absolute Gasteiger partial charge is 0.230 e. The number of amides is 1. The van der Waals surface area contributed by atoms with Crippen LogP contribution in [0.3, 0.4) is 0 Å². The molecule has 4 nitrogen and oxygen atoms in total. The van der Waals surface area contributed by atoms with E-state index in [0.29, 0.717) is 26.2 Å². The highest BCUT2D eigenvalue weighted by atomic mass is 19.1. The Labute approximate surface area is 182 Å². The third-order valence-corrected chi connectivity index (χ3v) is 6.79. The molecule has 31 heavy (non-hydrogen) atoms. The Hall–Kier alpha value is -2.92. The van der Waals surface area contributed by atoms with Gasteiger partial charge in [-0.2, -0.15) is 0 Å². The molecular weight excluding hydrogens is 389 g/mol. The van der Waals surface area contributed by atoms with Crippen molar-refractivity contribution in [1.82, 2.24) is 14.8 Å². The number of carbonyl (C=O) groups excluding carboxylic acids is 1. The highest BCUT2D eigenvalue weighted by molar-refractivity contribution is 5.99. The minimum absolute atomic E-state index is 0.173. The number of rotatable bonds is 5. The van der Waals surface area contributed by atoms with E-state index in [2.05, 4.69) is 40.4 Å². The van der Waals surface area contributed by atoms with Gasteiger partial charge in [0, 0.05) is 49.3 Å². The maximum Gasteiger partial charge on any atom is 0.230 e. The van der Waals surface area contributed by atoms with Crippen LogP contribution < -0.4 is 0 Å². The number of H-pyrrole nitrogens is 1. The second-order valence-corrected chi connectivity index (χ2v) is 8.56. The van der Waals surface area contributed by atoms with Gasteiger partial charge in [-0.15, -0.1) is 0 Å². The monoisotopic (exact) mass is 417 g/mol. The summed E-state index contributed by atoms with van der Waals surface area (Å²) in [4.78, 5) is 21.0. The highest BCUT2D eigenvalue weighted by Gasteiger charge is 2.38. The standard InChI is InChI=1S/C26H28FN3O/c1-3-29(4-2)26(31)19-12-22-21-9-6-10-23-25(21)18(14-28-23)13-24(22)30(16-19)15-17-7-5-8-20(27)11-17/h5-12,14,19,24,28H,3-4,13,15-16H2,1-2H3/t19-,24+/m0/s1. The maximum atomic E-state index is 13.9. The molecule has 2 aromatic carbocycles. The van der Waals surface area contributed by atoms with Crippen molar-refractivity contribution in [2.24, 2.45) is 5.92 Å². The Morgan fingerprint density at radius 3 is 2.77 bits per heavy atom. The van der Waals surface area contributed by atoms with Gasteiger partial charge in [0.1, 0.15) is 5.82 Å². The fourth-order valence-electron chi connectivity index (χ4n) is 5.29. The first-order valence-electron chi connectivity index (χ1n) is 11.2. The third-order valence-electron chi connectivity index (χ3n) is 6.79. The van der Waals surface area contributed by atoms with Crippen molar-refractivity contribution in [1.29, 1.82) is 0 Å². The molecule has 2 aliphatic rings. The average Bonchev–Trinajstić information content (AvgIpc) is 3.19. The molecule has 2 heterocycles. The summed E-state index contributed by atoms with van der Waals surface area (Å²) in [6, 6.07) is 13.3. The second kappa shape index (κ2) is 7.97. The Kier molecular flexibility index (Phi) is 5.14. The van der Waals surface area contributed by atoms with E-state index in [-0.39, 0.29) is 23.7 Å². The van der Waals surface area contributed by atoms with E-state index < -0.39 is 0 Å². The van der Waals surface area contributed by atoms with E-state index in [0.717, 1.165) is 17.5 Å². The lowest BCUT2D eigenvalue weighted by Gasteiger charge is -2.42. The fraction of sp³-hybridized carbons (Fsp3) is 0.346. The van der Waals surface area contributed by atoms with Gasteiger partial charge < -0.3 is 9.88 Å². The minimum Gasteiger partial charge on any atom is -0.361 e. The maximum absolute atomic E-state index is 13.9. The van der Waals surface area contributed by atoms with Crippen LogP contribution in [0.5, 0.6) is 0 Å². The summed E-state index contributed by atoms with van der Waals surface area (Å²) >= 11 is 0. The molecule has 1 amide bonds. The van der Waals surface area contributed by atoms with Crippen LogP contribution in [-0.4, -0.2) is 46.4 Å². The molecule has 3 aromatic rings. The summed E-state index contributed by atoms with van der Waals surface area (Å²) in [7, 11) is 0. The van der Waals surface area contributed by atoms with Crippen LogP contribution in [0.4, 0.5) is 4.39 Å². The van der Waals surface area contributed by atoms with E-state index in [1.54, 1.807) is 12.1 Å². The summed E-state index contributed by atoms with van der Waals surface area (Å²) < 4.78 is 13.9. The summed E-state index contributed by atoms with van der Waals surface area (Å²) in [6.45, 7) is 6.74. The number of aromatic amines is 1. The Balaban J connectivity index is 1.58. The van der Waals surface area contributed by atoms with Gasteiger partial charge in [0.05, 0.1) is 5.92 Å². The molecule has 0 radical (unpaired) electrons. The molecule has 0 unspecified atom stereocenters. The summed E-state index contributed by atoms with van der Waals surface area (Å²) in [6.07, 6.45) is 5.21. The molecule has 1 N–H and O–H groups in total. The van der Waals surface area contributed by atoms with Crippen molar-refractivity contribution in [3.05, 3.63) is 77.2 Å². The Bertz CT molecular complexity index is 1160. The van der Waals surface area contributed by atoms with Gasteiger partial charge in [-0.1, -0.05) is 30.3 Å². The number of aromatic nitrogens is 1. The zero-order valence-corrected chi connectivity index (χ0v) is 18.1. The van der Waals surface area contributed by atoms with Gasteiger partial charge in [0.2, 0.25) is 5.91 Å². The van der Waals surface area contributed by atoms with E-state index in [1.807, 2.05) is 24.8 Å². The van der Waals surface area contributed by atoms with Gasteiger partial charge in [0.25, 0.3) is 0 Å². The number of nitrogens with one attached hydrogen (secondary N) is 1. The lowest BCUT2D eigenvalue weighted by Crippen LogP contribution is -2.48. The van der Waals surface area contributed by atoms with Gasteiger partial charge in [0.15, 0.2) is 0 Å². The van der Waals surface area contributed by atoms with Crippen molar-refractivity contribution in [3.63, 3.8) is 0 Å². The molecule has 1 aliphatic carbocycles. The summed E-state index contributed by atoms with van der Waals surface area (Å²) in [5.74, 6) is -0.245. The van der Waals surface area contributed by atoms with E-state index >= 15 is 0 Å². The number of nitrogens with zero attached hydrogens (tertiary/aromatic N) is 2. The average molecular weight is 418 g/mol. The van der Waals surface area contributed by atoms with Crippen LogP contribution in [0.25, 0.3) is 16.5 Å². The number of fused-ring (bicyclic) bond motifs is 2. The molecule has 2 atom stereocenters. The van der Waals surface area contributed by atoms with Crippen LogP contribution in [0.1, 0.15) is 30.5 Å². The Morgan fingerprint density at radius 1 is 1.19 bits per heavy atom. The summed E-state index contributed by atoms with van der Waals surface area (Å²) in [5.41, 5.74) is 5.83. The largest absolute Gasteiger partial charge is 0.361 e.